The third kappa shape index (κ3) is 3.02. The lowest BCUT2D eigenvalue weighted by atomic mass is 10.2. The monoisotopic (exact) mass is 374 g/mol. The minimum absolute atomic E-state index is 0.322. The Morgan fingerprint density at radius 3 is 1.92 bits per heavy atom. The highest BCUT2D eigenvalue weighted by molar-refractivity contribution is 9.38. The number of hydrogen-bond donors (Lipinski definition) is 0. The van der Waals surface area contributed by atoms with Crippen LogP contribution in [-0.2, 0) is 8.02 Å². The summed E-state index contributed by atoms with van der Waals surface area (Å²) in [7, 11) is 0. The predicted molar refractivity (Wildman–Crippen MR) is 64.5 cm³/mol. The van der Waals surface area contributed by atoms with Crippen LogP contribution in [0.3, 0.4) is 0 Å². The molecule has 0 aliphatic heterocycles. The molecule has 0 nitrogen and oxygen atoms in total. The SMILES string of the molecule is ClCc1ccc(C(Br)(Br)Br)cc1. The zero-order valence-electron chi connectivity index (χ0n) is 6.03. The zero-order chi connectivity index (χ0) is 9.19. The van der Waals surface area contributed by atoms with Crippen LogP contribution < -0.4 is 0 Å². The number of alkyl halides is 4. The summed E-state index contributed by atoms with van der Waals surface area (Å²) in [5.41, 5.74) is 2.23. The van der Waals surface area contributed by atoms with Crippen LogP contribution in [0.4, 0.5) is 0 Å². The van der Waals surface area contributed by atoms with Crippen LogP contribution in [0.1, 0.15) is 11.1 Å². The molecule has 1 rings (SSSR count). The number of halogens is 4. The highest BCUT2D eigenvalue weighted by atomic mass is 80.0. The lowest BCUT2D eigenvalue weighted by Gasteiger charge is -2.12. The lowest BCUT2D eigenvalue weighted by Crippen LogP contribution is -1.96. The van der Waals surface area contributed by atoms with Crippen LogP contribution in [-0.4, -0.2) is 0 Å². The van der Waals surface area contributed by atoms with Crippen molar-refractivity contribution in [3.63, 3.8) is 0 Å². The Morgan fingerprint density at radius 2 is 1.58 bits per heavy atom. The van der Waals surface area contributed by atoms with E-state index in [-0.39, 0.29) is 2.14 Å². The molecule has 0 heterocycles. The fourth-order valence-electron chi connectivity index (χ4n) is 0.783. The Labute approximate surface area is 102 Å². The maximum absolute atomic E-state index is 5.66. The summed E-state index contributed by atoms with van der Waals surface area (Å²) in [4.78, 5) is 0. The predicted octanol–water partition coefficient (Wildman–Crippen LogP) is 4.72. The molecule has 0 bridgehead atoms. The molecule has 66 valence electrons. The number of benzene rings is 1. The minimum atomic E-state index is -0.322. The summed E-state index contributed by atoms with van der Waals surface area (Å²) in [5, 5.41) is 0. The maximum atomic E-state index is 5.66. The Bertz CT molecular complexity index is 250. The van der Waals surface area contributed by atoms with Gasteiger partial charge in [-0.3, -0.25) is 0 Å². The van der Waals surface area contributed by atoms with Gasteiger partial charge in [0.1, 0.15) is 0 Å². The van der Waals surface area contributed by atoms with Crippen LogP contribution in [0.25, 0.3) is 0 Å². The molecule has 0 fully saturated rings. The Morgan fingerprint density at radius 1 is 1.08 bits per heavy atom. The average Bonchev–Trinajstić information content (AvgIpc) is 2.03. The van der Waals surface area contributed by atoms with Crippen molar-refractivity contribution in [1.82, 2.24) is 0 Å². The third-order valence-electron chi connectivity index (χ3n) is 1.44. The smallest absolute Gasteiger partial charge is 0.122 e. The summed E-state index contributed by atoms with van der Waals surface area (Å²) in [6.45, 7) is 0. The van der Waals surface area contributed by atoms with Crippen LogP contribution in [0.15, 0.2) is 24.3 Å². The summed E-state index contributed by atoms with van der Waals surface area (Å²) in [6, 6.07) is 8.02. The highest BCUT2D eigenvalue weighted by Crippen LogP contribution is 2.44. The largest absolute Gasteiger partial charge is 0.159 e. The molecule has 1 aromatic carbocycles. The van der Waals surface area contributed by atoms with Gasteiger partial charge in [-0.15, -0.1) is 11.6 Å². The lowest BCUT2D eigenvalue weighted by molar-refractivity contribution is 1.31. The quantitative estimate of drug-likeness (QED) is 0.622. The Hall–Kier alpha value is 0.950. The Balaban J connectivity index is 2.93. The summed E-state index contributed by atoms with van der Waals surface area (Å²) >= 11 is 16.0. The zero-order valence-corrected chi connectivity index (χ0v) is 11.5. The van der Waals surface area contributed by atoms with Gasteiger partial charge in [0.25, 0.3) is 0 Å². The van der Waals surface area contributed by atoms with Gasteiger partial charge in [0.05, 0.1) is 0 Å². The van der Waals surface area contributed by atoms with Gasteiger partial charge in [-0.2, -0.15) is 0 Å². The number of hydrogen-bond acceptors (Lipinski definition) is 0. The van der Waals surface area contributed by atoms with Crippen molar-refractivity contribution in [2.45, 2.75) is 8.02 Å². The molecule has 4 heteroatoms. The van der Waals surface area contributed by atoms with Gasteiger partial charge in [-0.05, 0) is 11.1 Å². The summed E-state index contributed by atoms with van der Waals surface area (Å²) < 4.78 is -0.322. The second-order valence-corrected chi connectivity index (χ2v) is 9.36. The van der Waals surface area contributed by atoms with Crippen molar-refractivity contribution in [2.75, 3.05) is 0 Å². The van der Waals surface area contributed by atoms with E-state index in [1.165, 1.54) is 0 Å². The number of rotatable bonds is 1. The molecule has 0 aromatic heterocycles. The first-order valence-corrected chi connectivity index (χ1v) is 6.17. The molecule has 12 heavy (non-hydrogen) atoms. The second-order valence-electron chi connectivity index (χ2n) is 2.33. The van der Waals surface area contributed by atoms with Gasteiger partial charge in [-0.25, -0.2) is 0 Å². The molecule has 0 amide bonds. The first kappa shape index (κ1) is 11.0. The van der Waals surface area contributed by atoms with E-state index in [0.717, 1.165) is 11.1 Å². The fraction of sp³-hybridized carbons (Fsp3) is 0.250. The van der Waals surface area contributed by atoms with E-state index in [0.29, 0.717) is 5.88 Å². The molecule has 0 saturated heterocycles. The van der Waals surface area contributed by atoms with E-state index in [9.17, 15) is 0 Å². The van der Waals surface area contributed by atoms with Gasteiger partial charge in [0.2, 0.25) is 0 Å². The van der Waals surface area contributed by atoms with E-state index >= 15 is 0 Å². The van der Waals surface area contributed by atoms with Crippen molar-refractivity contribution in [2.24, 2.45) is 0 Å². The summed E-state index contributed by atoms with van der Waals surface area (Å²) in [5.74, 6) is 0.556. The maximum Gasteiger partial charge on any atom is 0.159 e. The molecule has 1 aromatic rings. The molecule has 0 spiro atoms. The molecule has 0 aliphatic carbocycles. The van der Waals surface area contributed by atoms with Gasteiger partial charge >= 0.3 is 0 Å². The van der Waals surface area contributed by atoms with Crippen molar-refractivity contribution < 1.29 is 0 Å². The van der Waals surface area contributed by atoms with Crippen molar-refractivity contribution in [1.29, 1.82) is 0 Å². The summed E-state index contributed by atoms with van der Waals surface area (Å²) in [6.07, 6.45) is 0. The first-order valence-electron chi connectivity index (χ1n) is 3.26. The van der Waals surface area contributed by atoms with Crippen molar-refractivity contribution >= 4 is 59.4 Å². The van der Waals surface area contributed by atoms with Crippen molar-refractivity contribution in [3.05, 3.63) is 35.4 Å². The Kier molecular flexibility index (Phi) is 4.09. The highest BCUT2D eigenvalue weighted by Gasteiger charge is 2.19. The van der Waals surface area contributed by atoms with Crippen LogP contribution >= 0.6 is 59.4 Å². The molecule has 0 N–H and O–H groups in total. The molecule has 0 aliphatic rings. The van der Waals surface area contributed by atoms with Gasteiger partial charge in [0.15, 0.2) is 2.14 Å². The molecule has 0 radical (unpaired) electrons. The molecule has 0 atom stereocenters. The van der Waals surface area contributed by atoms with E-state index in [1.54, 1.807) is 0 Å². The molecule has 0 unspecified atom stereocenters. The molecular formula is C8H6Br3Cl. The van der Waals surface area contributed by atoms with Crippen molar-refractivity contribution in [3.8, 4) is 0 Å². The van der Waals surface area contributed by atoms with E-state index < -0.39 is 0 Å². The van der Waals surface area contributed by atoms with Gasteiger partial charge in [-0.1, -0.05) is 72.1 Å². The van der Waals surface area contributed by atoms with E-state index in [1.807, 2.05) is 24.3 Å². The minimum Gasteiger partial charge on any atom is -0.122 e. The van der Waals surface area contributed by atoms with Crippen LogP contribution in [0.2, 0.25) is 0 Å². The van der Waals surface area contributed by atoms with E-state index in [2.05, 4.69) is 47.8 Å². The average molecular weight is 377 g/mol. The first-order chi connectivity index (χ1) is 5.54. The topological polar surface area (TPSA) is 0 Å². The second kappa shape index (κ2) is 4.45. The van der Waals surface area contributed by atoms with Gasteiger partial charge < -0.3 is 0 Å². The molecule has 0 saturated carbocycles. The van der Waals surface area contributed by atoms with Crippen LogP contribution in [0, 0.1) is 0 Å². The standard InChI is InChI=1S/C8H6Br3Cl/c9-8(10,11)7-3-1-6(5-12)2-4-7/h1-4H,5H2. The normalized spacial score (nSPS) is 11.7. The van der Waals surface area contributed by atoms with E-state index in [4.69, 9.17) is 11.6 Å². The van der Waals surface area contributed by atoms with Gasteiger partial charge in [0, 0.05) is 5.88 Å². The molecular weight excluding hydrogens is 371 g/mol. The van der Waals surface area contributed by atoms with Crippen LogP contribution in [0.5, 0.6) is 0 Å². The third-order valence-corrected chi connectivity index (χ3v) is 3.12. The fourth-order valence-corrected chi connectivity index (χ4v) is 1.75.